The summed E-state index contributed by atoms with van der Waals surface area (Å²) >= 11 is 0. The van der Waals surface area contributed by atoms with Crippen molar-refractivity contribution >= 4 is 11.7 Å². The van der Waals surface area contributed by atoms with Crippen molar-refractivity contribution in [3.63, 3.8) is 0 Å². The molecule has 1 amide bonds. The van der Waals surface area contributed by atoms with Gasteiger partial charge in [-0.3, -0.25) is 4.79 Å². The van der Waals surface area contributed by atoms with Gasteiger partial charge in [-0.15, -0.1) is 0 Å². The largest absolute Gasteiger partial charge is 0.710 e. The van der Waals surface area contributed by atoms with Gasteiger partial charge in [0.15, 0.2) is 11.4 Å². The quantitative estimate of drug-likeness (QED) is 0.564. The van der Waals surface area contributed by atoms with Crippen LogP contribution in [0, 0.1) is 11.0 Å². The molecule has 2 aromatic heterocycles. The van der Waals surface area contributed by atoms with Crippen LogP contribution in [0.2, 0.25) is 0 Å². The Morgan fingerprint density at radius 1 is 1.27 bits per heavy atom. The number of benzene rings is 1. The van der Waals surface area contributed by atoms with E-state index in [-0.39, 0.29) is 11.7 Å². The third-order valence-electron chi connectivity index (χ3n) is 3.90. The zero-order valence-corrected chi connectivity index (χ0v) is 14.6. The Kier molecular flexibility index (Phi) is 4.97. The summed E-state index contributed by atoms with van der Waals surface area (Å²) in [7, 11) is 0. The van der Waals surface area contributed by atoms with E-state index in [1.165, 1.54) is 25.4 Å². The Morgan fingerprint density at radius 2 is 2.00 bits per heavy atom. The highest BCUT2D eigenvalue weighted by molar-refractivity contribution is 5.88. The van der Waals surface area contributed by atoms with Crippen LogP contribution in [-0.4, -0.2) is 15.5 Å². The first-order valence-electron chi connectivity index (χ1n) is 8.32. The molecule has 0 aliphatic heterocycles. The second-order valence-electron chi connectivity index (χ2n) is 5.95. The second kappa shape index (κ2) is 7.35. The maximum atomic E-state index is 13.3. The van der Waals surface area contributed by atoms with Gasteiger partial charge in [-0.1, -0.05) is 6.92 Å². The third kappa shape index (κ3) is 3.56. The Labute approximate surface area is 150 Å². The summed E-state index contributed by atoms with van der Waals surface area (Å²) in [4.78, 5) is 15.4. The van der Waals surface area contributed by atoms with Crippen LogP contribution in [0.5, 0.6) is 0 Å². The lowest BCUT2D eigenvalue weighted by Gasteiger charge is -2.08. The second-order valence-corrected chi connectivity index (χ2v) is 5.95. The van der Waals surface area contributed by atoms with Crippen LogP contribution in [0.25, 0.3) is 22.5 Å². The number of hydrogen-bond acceptors (Lipinski definition) is 3. The summed E-state index contributed by atoms with van der Waals surface area (Å²) in [6, 6.07) is 9.30. The van der Waals surface area contributed by atoms with Gasteiger partial charge in [-0.2, -0.15) is 0 Å². The molecule has 0 unspecified atom stereocenters. The van der Waals surface area contributed by atoms with E-state index in [4.69, 9.17) is 0 Å². The first-order chi connectivity index (χ1) is 12.5. The summed E-state index contributed by atoms with van der Waals surface area (Å²) < 4.78 is 15.9. The molecule has 0 fully saturated rings. The molecule has 0 spiro atoms. The van der Waals surface area contributed by atoms with E-state index < -0.39 is 0 Å². The first kappa shape index (κ1) is 17.6. The lowest BCUT2D eigenvalue weighted by molar-refractivity contribution is -0.593. The van der Waals surface area contributed by atoms with Gasteiger partial charge in [0.1, 0.15) is 11.6 Å². The van der Waals surface area contributed by atoms with Crippen LogP contribution in [0.4, 0.5) is 10.2 Å². The molecule has 26 heavy (non-hydrogen) atoms. The third-order valence-corrected chi connectivity index (χ3v) is 3.90. The molecule has 3 aromatic rings. The summed E-state index contributed by atoms with van der Waals surface area (Å²) in [5.74, 6) is -0.185. The minimum atomic E-state index is -0.363. The number of hydrogen-bond donors (Lipinski definition) is 1. The van der Waals surface area contributed by atoms with Gasteiger partial charge in [-0.25, -0.2) is 18.7 Å². The fraction of sp³-hybridized carbons (Fsp3) is 0.211. The predicted octanol–water partition coefficient (Wildman–Crippen LogP) is 3.36. The average molecular weight is 354 g/mol. The normalized spacial score (nSPS) is 10.7. The molecule has 0 saturated carbocycles. The smallest absolute Gasteiger partial charge is 0.247 e. The van der Waals surface area contributed by atoms with E-state index in [1.54, 1.807) is 30.5 Å². The molecule has 7 heteroatoms. The molecule has 0 bridgehead atoms. The number of aryl methyl sites for hydroxylation is 1. The molecular weight excluding hydrogens is 335 g/mol. The summed E-state index contributed by atoms with van der Waals surface area (Å²) in [6.45, 7) is 4.08. The number of imidazole rings is 1. The lowest BCUT2D eigenvalue weighted by Crippen LogP contribution is -2.25. The van der Waals surface area contributed by atoms with Crippen molar-refractivity contribution in [1.82, 2.24) is 9.55 Å². The van der Waals surface area contributed by atoms with Crippen LogP contribution in [0.15, 0.2) is 48.9 Å². The van der Waals surface area contributed by atoms with Crippen molar-refractivity contribution in [1.29, 1.82) is 0 Å². The van der Waals surface area contributed by atoms with E-state index in [2.05, 4.69) is 10.3 Å². The number of halogens is 1. The maximum Gasteiger partial charge on any atom is 0.247 e. The molecule has 0 aliphatic rings. The van der Waals surface area contributed by atoms with Crippen LogP contribution >= 0.6 is 0 Å². The zero-order valence-electron chi connectivity index (χ0n) is 14.6. The van der Waals surface area contributed by atoms with E-state index in [0.717, 1.165) is 16.7 Å². The molecule has 2 heterocycles. The maximum absolute atomic E-state index is 13.3. The Balaban J connectivity index is 2.18. The number of carbonyl (C=O) groups is 1. The first-order valence-corrected chi connectivity index (χ1v) is 8.32. The van der Waals surface area contributed by atoms with Crippen molar-refractivity contribution < 1.29 is 13.9 Å². The van der Waals surface area contributed by atoms with E-state index in [9.17, 15) is 14.4 Å². The Bertz CT molecular complexity index is 935. The zero-order chi connectivity index (χ0) is 18.7. The highest BCUT2D eigenvalue weighted by Crippen LogP contribution is 2.31. The fourth-order valence-electron chi connectivity index (χ4n) is 2.89. The number of carbonyl (C=O) groups excluding carboxylic acids is 1. The topological polar surface area (TPSA) is 73.9 Å². The molecule has 134 valence electrons. The summed E-state index contributed by atoms with van der Waals surface area (Å²) in [5.41, 5.74) is 2.48. The molecule has 0 radical (unpaired) electrons. The van der Waals surface area contributed by atoms with Gasteiger partial charge in [0, 0.05) is 24.2 Å². The number of nitrogens with one attached hydrogen (secondary N) is 1. The summed E-state index contributed by atoms with van der Waals surface area (Å²) in [6.07, 6.45) is 3.90. The van der Waals surface area contributed by atoms with Crippen molar-refractivity contribution in [3.05, 3.63) is 59.9 Å². The number of amides is 1. The van der Waals surface area contributed by atoms with Crippen LogP contribution in [0.3, 0.4) is 0 Å². The molecular formula is C19H19FN4O2. The molecule has 0 atom stereocenters. The van der Waals surface area contributed by atoms with E-state index in [1.807, 2.05) is 11.5 Å². The highest BCUT2D eigenvalue weighted by atomic mass is 19.1. The Morgan fingerprint density at radius 3 is 2.65 bits per heavy atom. The van der Waals surface area contributed by atoms with Gasteiger partial charge in [0.05, 0.1) is 6.54 Å². The number of anilines is 1. The van der Waals surface area contributed by atoms with Crippen molar-refractivity contribution in [2.24, 2.45) is 0 Å². The van der Waals surface area contributed by atoms with E-state index in [0.29, 0.717) is 29.3 Å². The van der Waals surface area contributed by atoms with E-state index >= 15 is 0 Å². The van der Waals surface area contributed by atoms with Crippen LogP contribution in [-0.2, 0) is 11.3 Å². The van der Waals surface area contributed by atoms with Crippen molar-refractivity contribution in [2.45, 2.75) is 26.8 Å². The molecule has 1 aromatic carbocycles. The van der Waals surface area contributed by atoms with Crippen molar-refractivity contribution in [2.75, 3.05) is 5.32 Å². The molecule has 6 nitrogen and oxygen atoms in total. The fourth-order valence-corrected chi connectivity index (χ4v) is 2.89. The predicted molar refractivity (Wildman–Crippen MR) is 96.6 cm³/mol. The molecule has 1 N–H and O–H groups in total. The Hall–Kier alpha value is -3.22. The van der Waals surface area contributed by atoms with Gasteiger partial charge in [-0.05, 0) is 42.8 Å². The number of rotatable bonds is 5. The summed E-state index contributed by atoms with van der Waals surface area (Å²) in [5, 5.41) is 15.2. The van der Waals surface area contributed by atoms with Gasteiger partial charge < -0.3 is 10.5 Å². The standard InChI is InChI=1S/C19H19FN4O2/c1-3-10-23-12-24(26)19(14-4-6-16(20)7-5-14)18(23)15-8-9-21-17(11-15)22-13(2)25/h4-9,11-12H,3,10H2,1-2H3,(H,21,22,25). The van der Waals surface area contributed by atoms with Crippen molar-refractivity contribution in [3.8, 4) is 22.5 Å². The minimum Gasteiger partial charge on any atom is -0.710 e. The number of aromatic nitrogens is 3. The minimum absolute atomic E-state index is 0.226. The van der Waals surface area contributed by atoms with Crippen LogP contribution < -0.4 is 10.0 Å². The average Bonchev–Trinajstić information content (AvgIpc) is 2.92. The van der Waals surface area contributed by atoms with Gasteiger partial charge >= 0.3 is 0 Å². The highest BCUT2D eigenvalue weighted by Gasteiger charge is 2.23. The van der Waals surface area contributed by atoms with Gasteiger partial charge in [0.2, 0.25) is 12.2 Å². The number of nitrogens with zero attached hydrogens (tertiary/aromatic N) is 3. The molecule has 3 rings (SSSR count). The lowest BCUT2D eigenvalue weighted by atomic mass is 10.1. The molecule has 0 aliphatic carbocycles. The monoisotopic (exact) mass is 354 g/mol. The number of pyridine rings is 1. The van der Waals surface area contributed by atoms with Gasteiger partial charge in [0.25, 0.3) is 0 Å². The van der Waals surface area contributed by atoms with Crippen LogP contribution in [0.1, 0.15) is 20.3 Å². The molecule has 0 saturated heterocycles. The SMILES string of the molecule is CCCn1c[n+]([O-])c(-c2ccc(F)cc2)c1-c1ccnc(NC(C)=O)c1.